The van der Waals surface area contributed by atoms with Crippen LogP contribution in [0, 0.1) is 6.92 Å². The number of rotatable bonds is 9. The van der Waals surface area contributed by atoms with Gasteiger partial charge in [-0.05, 0) is 67.1 Å². The van der Waals surface area contributed by atoms with Crippen LogP contribution in [0.2, 0.25) is 5.02 Å². The molecule has 0 fully saturated rings. The van der Waals surface area contributed by atoms with E-state index in [1.807, 2.05) is 6.07 Å². The number of hydrogen-bond donors (Lipinski definition) is 2. The minimum atomic E-state index is -3.80. The van der Waals surface area contributed by atoms with Gasteiger partial charge in [-0.1, -0.05) is 17.7 Å². The first-order valence-corrected chi connectivity index (χ1v) is 12.6. The van der Waals surface area contributed by atoms with E-state index in [-0.39, 0.29) is 16.6 Å². The zero-order valence-electron chi connectivity index (χ0n) is 18.2. The van der Waals surface area contributed by atoms with Gasteiger partial charge in [-0.15, -0.1) is 11.8 Å². The van der Waals surface area contributed by atoms with Gasteiger partial charge in [0.05, 0.1) is 30.6 Å². The van der Waals surface area contributed by atoms with Crippen LogP contribution in [0.25, 0.3) is 0 Å². The molecule has 0 bridgehead atoms. The number of carbonyl (C=O) groups is 1. The Morgan fingerprint density at radius 2 is 1.70 bits per heavy atom. The second kappa shape index (κ2) is 10.8. The molecule has 0 aliphatic carbocycles. The number of ether oxygens (including phenoxy) is 2. The Bertz CT molecular complexity index is 1250. The van der Waals surface area contributed by atoms with Crippen LogP contribution < -0.4 is 19.5 Å². The van der Waals surface area contributed by atoms with E-state index in [9.17, 15) is 13.2 Å². The van der Waals surface area contributed by atoms with Gasteiger partial charge < -0.3 is 14.8 Å². The predicted octanol–water partition coefficient (Wildman–Crippen LogP) is 5.20. The van der Waals surface area contributed by atoms with Gasteiger partial charge in [-0.25, -0.2) is 8.42 Å². The molecule has 3 aromatic rings. The molecule has 0 spiro atoms. The number of nitrogens with one attached hydrogen (secondary N) is 2. The lowest BCUT2D eigenvalue weighted by atomic mass is 10.2. The zero-order valence-corrected chi connectivity index (χ0v) is 20.6. The van der Waals surface area contributed by atoms with Crippen LogP contribution in [-0.2, 0) is 14.8 Å². The number of benzene rings is 3. The van der Waals surface area contributed by atoms with Crippen LogP contribution in [-0.4, -0.2) is 34.3 Å². The molecule has 174 valence electrons. The molecule has 33 heavy (non-hydrogen) atoms. The third-order valence-corrected chi connectivity index (χ3v) is 7.47. The molecule has 0 atom stereocenters. The summed E-state index contributed by atoms with van der Waals surface area (Å²) < 4.78 is 38.4. The highest BCUT2D eigenvalue weighted by atomic mass is 35.5. The van der Waals surface area contributed by atoms with E-state index in [0.717, 1.165) is 4.90 Å². The van der Waals surface area contributed by atoms with Gasteiger partial charge in [0.15, 0.2) is 11.5 Å². The van der Waals surface area contributed by atoms with Crippen molar-refractivity contribution >= 4 is 50.7 Å². The lowest BCUT2D eigenvalue weighted by molar-refractivity contribution is -0.113. The maximum atomic E-state index is 12.7. The molecule has 10 heteroatoms. The molecule has 0 radical (unpaired) electrons. The van der Waals surface area contributed by atoms with Gasteiger partial charge in [0.2, 0.25) is 5.91 Å². The molecule has 0 aliphatic rings. The molecule has 0 aliphatic heterocycles. The molecule has 0 unspecified atom stereocenters. The highest BCUT2D eigenvalue weighted by Gasteiger charge is 2.16. The van der Waals surface area contributed by atoms with Crippen LogP contribution in [0.5, 0.6) is 11.5 Å². The lowest BCUT2D eigenvalue weighted by Crippen LogP contribution is -2.15. The van der Waals surface area contributed by atoms with E-state index in [4.69, 9.17) is 21.1 Å². The molecule has 0 heterocycles. The lowest BCUT2D eigenvalue weighted by Gasteiger charge is -2.12. The van der Waals surface area contributed by atoms with Gasteiger partial charge in [0.25, 0.3) is 10.0 Å². The Labute approximate surface area is 202 Å². The minimum absolute atomic E-state index is 0.0691. The summed E-state index contributed by atoms with van der Waals surface area (Å²) in [6, 6.07) is 16.4. The largest absolute Gasteiger partial charge is 0.493 e. The van der Waals surface area contributed by atoms with Crippen molar-refractivity contribution in [3.05, 3.63) is 71.2 Å². The average molecular weight is 507 g/mol. The summed E-state index contributed by atoms with van der Waals surface area (Å²) in [6.45, 7) is 1.73. The molecule has 3 rings (SSSR count). The summed E-state index contributed by atoms with van der Waals surface area (Å²) in [5.74, 6) is 1.14. The summed E-state index contributed by atoms with van der Waals surface area (Å²) in [6.07, 6.45) is 0. The van der Waals surface area contributed by atoms with E-state index in [2.05, 4.69) is 10.0 Å². The second-order valence-electron chi connectivity index (χ2n) is 6.90. The molecule has 0 saturated heterocycles. The monoisotopic (exact) mass is 506 g/mol. The van der Waals surface area contributed by atoms with E-state index >= 15 is 0 Å². The molecule has 2 N–H and O–H groups in total. The SMILES string of the molecule is COc1ccc(SCC(=O)Nc2ccc(S(=O)(=O)Nc3cccc(Cl)c3C)cc2)cc1OC. The molecular formula is C23H23ClN2O5S2. The van der Waals surface area contributed by atoms with E-state index < -0.39 is 10.0 Å². The van der Waals surface area contributed by atoms with Crippen molar-refractivity contribution in [1.29, 1.82) is 0 Å². The number of carbonyl (C=O) groups excluding carboxylic acids is 1. The van der Waals surface area contributed by atoms with Gasteiger partial charge in [0.1, 0.15) is 0 Å². The summed E-state index contributed by atoms with van der Waals surface area (Å²) in [5.41, 5.74) is 1.54. The minimum Gasteiger partial charge on any atom is -0.493 e. The third kappa shape index (κ3) is 6.34. The Morgan fingerprint density at radius 1 is 1.00 bits per heavy atom. The summed E-state index contributed by atoms with van der Waals surface area (Å²) >= 11 is 7.41. The maximum absolute atomic E-state index is 12.7. The maximum Gasteiger partial charge on any atom is 0.261 e. The first-order valence-electron chi connectivity index (χ1n) is 9.76. The van der Waals surface area contributed by atoms with Crippen LogP contribution in [0.1, 0.15) is 5.56 Å². The number of amides is 1. The molecule has 0 aromatic heterocycles. The Morgan fingerprint density at radius 3 is 2.36 bits per heavy atom. The molecule has 7 nitrogen and oxygen atoms in total. The predicted molar refractivity (Wildman–Crippen MR) is 132 cm³/mol. The van der Waals surface area contributed by atoms with Crippen molar-refractivity contribution in [1.82, 2.24) is 0 Å². The highest BCUT2D eigenvalue weighted by molar-refractivity contribution is 8.00. The average Bonchev–Trinajstić information content (AvgIpc) is 2.80. The highest BCUT2D eigenvalue weighted by Crippen LogP contribution is 2.32. The molecule has 1 amide bonds. The number of halogens is 1. The van der Waals surface area contributed by atoms with Crippen LogP contribution in [0.3, 0.4) is 0 Å². The fourth-order valence-electron chi connectivity index (χ4n) is 2.89. The van der Waals surface area contributed by atoms with E-state index in [1.54, 1.807) is 63.6 Å². The van der Waals surface area contributed by atoms with E-state index in [0.29, 0.717) is 33.5 Å². The van der Waals surface area contributed by atoms with E-state index in [1.165, 1.54) is 23.9 Å². The number of methoxy groups -OCH3 is 2. The fraction of sp³-hybridized carbons (Fsp3) is 0.174. The summed E-state index contributed by atoms with van der Waals surface area (Å²) in [5, 5.41) is 3.23. The molecule has 0 saturated carbocycles. The standard InChI is InChI=1S/C23H23ClN2O5S2/c1-15-19(24)5-4-6-20(15)26-33(28,29)18-10-7-16(8-11-18)25-23(27)14-32-17-9-12-21(30-2)22(13-17)31-3/h4-13,26H,14H2,1-3H3,(H,25,27). The van der Waals surface area contributed by atoms with Crippen molar-refractivity contribution in [2.75, 3.05) is 30.0 Å². The molecule has 3 aromatic carbocycles. The van der Waals surface area contributed by atoms with Gasteiger partial charge in [-0.2, -0.15) is 0 Å². The summed E-state index contributed by atoms with van der Waals surface area (Å²) in [4.78, 5) is 13.2. The zero-order chi connectivity index (χ0) is 24.0. The van der Waals surface area contributed by atoms with Crippen molar-refractivity contribution in [2.24, 2.45) is 0 Å². The van der Waals surface area contributed by atoms with Crippen molar-refractivity contribution in [3.8, 4) is 11.5 Å². The topological polar surface area (TPSA) is 93.7 Å². The van der Waals surface area contributed by atoms with Gasteiger partial charge in [-0.3, -0.25) is 9.52 Å². The number of sulfonamides is 1. The third-order valence-electron chi connectivity index (χ3n) is 4.69. The van der Waals surface area contributed by atoms with Crippen molar-refractivity contribution in [2.45, 2.75) is 16.7 Å². The first-order chi connectivity index (χ1) is 15.7. The Kier molecular flexibility index (Phi) is 8.12. The van der Waals surface area contributed by atoms with Crippen LogP contribution >= 0.6 is 23.4 Å². The Hall–Kier alpha value is -2.88. The Balaban J connectivity index is 1.61. The van der Waals surface area contributed by atoms with Crippen molar-refractivity contribution < 1.29 is 22.7 Å². The normalized spacial score (nSPS) is 11.0. The van der Waals surface area contributed by atoms with Crippen LogP contribution in [0.4, 0.5) is 11.4 Å². The first kappa shape index (κ1) is 24.8. The second-order valence-corrected chi connectivity index (χ2v) is 10.0. The molecular weight excluding hydrogens is 484 g/mol. The number of anilines is 2. The fourth-order valence-corrected chi connectivity index (χ4v) is 4.91. The van der Waals surface area contributed by atoms with Gasteiger partial charge >= 0.3 is 0 Å². The smallest absolute Gasteiger partial charge is 0.261 e. The number of hydrogen-bond acceptors (Lipinski definition) is 6. The summed E-state index contributed by atoms with van der Waals surface area (Å²) in [7, 11) is -0.695. The quantitative estimate of drug-likeness (QED) is 0.387. The number of thioether (sulfide) groups is 1. The van der Waals surface area contributed by atoms with Gasteiger partial charge in [0, 0.05) is 15.6 Å². The van der Waals surface area contributed by atoms with Crippen molar-refractivity contribution in [3.63, 3.8) is 0 Å². The van der Waals surface area contributed by atoms with Crippen LogP contribution in [0.15, 0.2) is 70.5 Å².